The van der Waals surface area contributed by atoms with Crippen molar-refractivity contribution in [2.75, 3.05) is 7.11 Å². The summed E-state index contributed by atoms with van der Waals surface area (Å²) >= 11 is 0. The molecular weight excluding hydrogens is 370 g/mol. The number of aliphatic hydroxyl groups is 2. The van der Waals surface area contributed by atoms with Crippen LogP contribution in [0.1, 0.15) is 51.9 Å². The van der Waals surface area contributed by atoms with Crippen LogP contribution in [0.4, 0.5) is 8.78 Å². The predicted octanol–water partition coefficient (Wildman–Crippen LogP) is 3.39. The standard InChI is InChI=1S/C21H32F2O5/c1-3-4-7-14(22)15(24)11-10-13-16(25)12-18-20(13)21(23)17(28-18)8-5-6-9-19(26)27-2/h8,10-11,13-16,18,20-21,24-25H,3-7,9,12H2,1-2H3/b11-10+,17-8-/t13-,14?,15+,16+,18-,20+,21?/m0/s1. The number of aliphatic hydroxyl groups excluding tert-OH is 2. The van der Waals surface area contributed by atoms with Crippen LogP contribution in [-0.4, -0.2) is 53.9 Å². The number of halogens is 2. The predicted molar refractivity (Wildman–Crippen MR) is 101 cm³/mol. The molecule has 1 heterocycles. The molecule has 2 aliphatic rings. The molecule has 1 aliphatic carbocycles. The summed E-state index contributed by atoms with van der Waals surface area (Å²) in [5.41, 5.74) is 0. The third-order valence-electron chi connectivity index (χ3n) is 5.58. The molecule has 0 aromatic heterocycles. The van der Waals surface area contributed by atoms with Crippen LogP contribution in [-0.2, 0) is 14.3 Å². The molecular formula is C21H32F2O5. The molecule has 0 amide bonds. The van der Waals surface area contributed by atoms with E-state index in [9.17, 15) is 23.8 Å². The van der Waals surface area contributed by atoms with Gasteiger partial charge in [-0.25, -0.2) is 8.78 Å². The van der Waals surface area contributed by atoms with Crippen LogP contribution < -0.4 is 0 Å². The van der Waals surface area contributed by atoms with Crippen molar-refractivity contribution in [2.45, 2.75) is 82.5 Å². The highest BCUT2D eigenvalue weighted by molar-refractivity contribution is 5.69. The zero-order chi connectivity index (χ0) is 20.7. The minimum atomic E-state index is -1.37. The summed E-state index contributed by atoms with van der Waals surface area (Å²) in [6.07, 6.45) is 2.70. The second-order valence-electron chi connectivity index (χ2n) is 7.62. The van der Waals surface area contributed by atoms with Crippen LogP contribution in [0.2, 0.25) is 0 Å². The number of esters is 1. The van der Waals surface area contributed by atoms with E-state index in [4.69, 9.17) is 4.74 Å². The van der Waals surface area contributed by atoms with Crippen molar-refractivity contribution >= 4 is 5.97 Å². The molecule has 2 rings (SSSR count). The molecule has 2 fully saturated rings. The minimum absolute atomic E-state index is 0.233. The number of unbranched alkanes of at least 4 members (excludes halogenated alkanes) is 2. The highest BCUT2D eigenvalue weighted by atomic mass is 19.1. The molecule has 0 spiro atoms. The van der Waals surface area contributed by atoms with Crippen LogP contribution in [0.25, 0.3) is 0 Å². The van der Waals surface area contributed by atoms with Gasteiger partial charge < -0.3 is 19.7 Å². The molecule has 0 aromatic rings. The monoisotopic (exact) mass is 402 g/mol. The van der Waals surface area contributed by atoms with E-state index in [2.05, 4.69) is 4.74 Å². The fourth-order valence-corrected chi connectivity index (χ4v) is 3.94. The molecule has 0 bridgehead atoms. The van der Waals surface area contributed by atoms with Crippen molar-refractivity contribution in [3.63, 3.8) is 0 Å². The Morgan fingerprint density at radius 2 is 2.18 bits per heavy atom. The minimum Gasteiger partial charge on any atom is -0.491 e. The lowest BCUT2D eigenvalue weighted by Gasteiger charge is -2.19. The van der Waals surface area contributed by atoms with Crippen LogP contribution in [0.3, 0.4) is 0 Å². The third-order valence-corrected chi connectivity index (χ3v) is 5.58. The molecule has 0 aromatic carbocycles. The van der Waals surface area contributed by atoms with E-state index in [0.717, 1.165) is 6.42 Å². The van der Waals surface area contributed by atoms with Gasteiger partial charge in [-0.2, -0.15) is 0 Å². The zero-order valence-corrected chi connectivity index (χ0v) is 16.6. The second-order valence-corrected chi connectivity index (χ2v) is 7.62. The summed E-state index contributed by atoms with van der Waals surface area (Å²) in [6.45, 7) is 1.95. The largest absolute Gasteiger partial charge is 0.491 e. The van der Waals surface area contributed by atoms with E-state index < -0.39 is 42.5 Å². The normalized spacial score (nSPS) is 33.1. The Morgan fingerprint density at radius 1 is 1.43 bits per heavy atom. The lowest BCUT2D eigenvalue weighted by atomic mass is 9.89. The molecule has 7 atom stereocenters. The van der Waals surface area contributed by atoms with Gasteiger partial charge in [0, 0.05) is 24.7 Å². The van der Waals surface area contributed by atoms with Crippen molar-refractivity contribution in [1.29, 1.82) is 0 Å². The second kappa shape index (κ2) is 10.9. The third kappa shape index (κ3) is 5.77. The first kappa shape index (κ1) is 22.8. The Bertz CT molecular complexity index is 565. The molecule has 1 aliphatic heterocycles. The highest BCUT2D eigenvalue weighted by Gasteiger charge is 2.53. The topological polar surface area (TPSA) is 76.0 Å². The van der Waals surface area contributed by atoms with Crippen molar-refractivity contribution < 1.29 is 33.3 Å². The number of carbonyl (C=O) groups excluding carboxylic acids is 1. The summed E-state index contributed by atoms with van der Waals surface area (Å²) in [7, 11) is 1.32. The Hall–Kier alpha value is -1.47. The SMILES string of the molecule is CCCCC(F)[C@H](O)/C=C/[C@@H]1[C@H]2C(F)/C(=C/CCCC(=O)OC)O[C@H]2C[C@H]1O. The van der Waals surface area contributed by atoms with Crippen molar-refractivity contribution in [1.82, 2.24) is 0 Å². The van der Waals surface area contributed by atoms with E-state index in [-0.39, 0.29) is 24.6 Å². The lowest BCUT2D eigenvalue weighted by Crippen LogP contribution is -2.26. The van der Waals surface area contributed by atoms with Gasteiger partial charge in [-0.1, -0.05) is 31.9 Å². The fourth-order valence-electron chi connectivity index (χ4n) is 3.94. The van der Waals surface area contributed by atoms with Gasteiger partial charge in [-0.05, 0) is 25.3 Å². The van der Waals surface area contributed by atoms with Crippen molar-refractivity contribution in [3.05, 3.63) is 24.0 Å². The molecule has 5 nitrogen and oxygen atoms in total. The zero-order valence-electron chi connectivity index (χ0n) is 16.6. The number of fused-ring (bicyclic) bond motifs is 1. The van der Waals surface area contributed by atoms with E-state index in [1.807, 2.05) is 6.92 Å². The van der Waals surface area contributed by atoms with Crippen molar-refractivity contribution in [3.8, 4) is 0 Å². The van der Waals surface area contributed by atoms with E-state index >= 15 is 0 Å². The number of hydrogen-bond donors (Lipinski definition) is 2. The molecule has 2 unspecified atom stereocenters. The summed E-state index contributed by atoms with van der Waals surface area (Å²) in [5, 5.41) is 20.2. The summed E-state index contributed by atoms with van der Waals surface area (Å²) in [5.74, 6) is -1.17. The van der Waals surface area contributed by atoms with Gasteiger partial charge in [0.1, 0.15) is 24.1 Å². The van der Waals surface area contributed by atoms with Crippen LogP contribution in [0, 0.1) is 11.8 Å². The first-order chi connectivity index (χ1) is 13.4. The van der Waals surface area contributed by atoms with Gasteiger partial charge in [0.2, 0.25) is 0 Å². The number of ether oxygens (including phenoxy) is 2. The Balaban J connectivity index is 1.93. The quantitative estimate of drug-likeness (QED) is 0.333. The van der Waals surface area contributed by atoms with Crippen LogP contribution in [0.15, 0.2) is 24.0 Å². The smallest absolute Gasteiger partial charge is 0.305 e. The van der Waals surface area contributed by atoms with E-state index in [1.54, 1.807) is 6.08 Å². The summed E-state index contributed by atoms with van der Waals surface area (Å²) < 4.78 is 39.1. The summed E-state index contributed by atoms with van der Waals surface area (Å²) in [6, 6.07) is 0. The molecule has 160 valence electrons. The Kier molecular flexibility index (Phi) is 8.89. The maximum atomic E-state index is 14.9. The maximum absolute atomic E-state index is 14.9. The molecule has 0 radical (unpaired) electrons. The van der Waals surface area contributed by atoms with Gasteiger partial charge in [0.15, 0.2) is 6.17 Å². The number of methoxy groups -OCH3 is 1. The number of hydrogen-bond acceptors (Lipinski definition) is 5. The van der Waals surface area contributed by atoms with Gasteiger partial charge in [-0.3, -0.25) is 4.79 Å². The Labute approximate surface area is 165 Å². The molecule has 7 heteroatoms. The van der Waals surface area contributed by atoms with Gasteiger partial charge >= 0.3 is 5.97 Å². The van der Waals surface area contributed by atoms with Gasteiger partial charge in [0.25, 0.3) is 0 Å². The average Bonchev–Trinajstić information content (AvgIpc) is 3.15. The molecule has 1 saturated heterocycles. The lowest BCUT2D eigenvalue weighted by molar-refractivity contribution is -0.140. The van der Waals surface area contributed by atoms with Crippen LogP contribution >= 0.6 is 0 Å². The highest BCUT2D eigenvalue weighted by Crippen LogP contribution is 2.47. The first-order valence-corrected chi connectivity index (χ1v) is 10.1. The van der Waals surface area contributed by atoms with Crippen molar-refractivity contribution in [2.24, 2.45) is 11.8 Å². The Morgan fingerprint density at radius 3 is 2.86 bits per heavy atom. The molecule has 1 saturated carbocycles. The average molecular weight is 402 g/mol. The number of carbonyl (C=O) groups is 1. The molecule has 2 N–H and O–H groups in total. The maximum Gasteiger partial charge on any atom is 0.305 e. The molecule has 28 heavy (non-hydrogen) atoms. The summed E-state index contributed by atoms with van der Waals surface area (Å²) in [4.78, 5) is 11.1. The van der Waals surface area contributed by atoms with Gasteiger partial charge in [-0.15, -0.1) is 0 Å². The fraction of sp³-hybridized carbons (Fsp3) is 0.762. The number of alkyl halides is 2. The van der Waals surface area contributed by atoms with Crippen LogP contribution in [0.5, 0.6) is 0 Å². The van der Waals surface area contributed by atoms with Gasteiger partial charge in [0.05, 0.1) is 13.2 Å². The van der Waals surface area contributed by atoms with E-state index in [0.29, 0.717) is 25.7 Å². The van der Waals surface area contributed by atoms with E-state index in [1.165, 1.54) is 19.3 Å². The first-order valence-electron chi connectivity index (χ1n) is 10.1. The number of rotatable bonds is 10. The number of allylic oxidation sites excluding steroid dienone is 2.